The molecular weight excluding hydrogens is 376 g/mol. The first-order valence-corrected chi connectivity index (χ1v) is 10.9. The molecule has 7 nitrogen and oxygen atoms in total. The fraction of sp³-hybridized carbons (Fsp3) is 0.550. The lowest BCUT2D eigenvalue weighted by molar-refractivity contribution is -0.136. The molecule has 0 aliphatic carbocycles. The van der Waals surface area contributed by atoms with Gasteiger partial charge in [0.25, 0.3) is 5.91 Å². The van der Waals surface area contributed by atoms with E-state index in [0.717, 1.165) is 30.8 Å². The van der Waals surface area contributed by atoms with Crippen molar-refractivity contribution in [3.05, 3.63) is 34.9 Å². The predicted molar refractivity (Wildman–Crippen MR) is 106 cm³/mol. The second-order valence-electron chi connectivity index (χ2n) is 8.13. The van der Waals surface area contributed by atoms with Crippen LogP contribution < -0.4 is 16.0 Å². The molecule has 1 aromatic rings. The number of nitrogens with zero attached hydrogens (tertiary/aromatic N) is 1. The number of hydrogen-bond donors (Lipinski definition) is 3. The average molecular weight is 401 g/mol. The molecule has 2 unspecified atom stereocenters. The lowest BCUT2D eigenvalue weighted by atomic mass is 9.91. The minimum absolute atomic E-state index is 0.109. The van der Waals surface area contributed by atoms with Crippen molar-refractivity contribution in [3.63, 3.8) is 0 Å². The van der Waals surface area contributed by atoms with E-state index in [1.54, 1.807) is 4.90 Å². The third kappa shape index (κ3) is 2.94. The number of imide groups is 1. The summed E-state index contributed by atoms with van der Waals surface area (Å²) in [7, 11) is 0. The van der Waals surface area contributed by atoms with Crippen molar-refractivity contribution in [1.29, 1.82) is 0 Å². The zero-order valence-corrected chi connectivity index (χ0v) is 16.4. The number of amides is 3. The zero-order valence-electron chi connectivity index (χ0n) is 15.6. The van der Waals surface area contributed by atoms with Gasteiger partial charge < -0.3 is 15.5 Å². The Bertz CT molecular complexity index is 854. The van der Waals surface area contributed by atoms with Crippen molar-refractivity contribution in [2.45, 2.75) is 49.2 Å². The molecule has 4 aliphatic heterocycles. The molecule has 3 fully saturated rings. The van der Waals surface area contributed by atoms with Crippen molar-refractivity contribution in [1.82, 2.24) is 20.9 Å². The van der Waals surface area contributed by atoms with Gasteiger partial charge in [0.05, 0.1) is 4.75 Å². The van der Waals surface area contributed by atoms with Crippen molar-refractivity contribution in [3.8, 4) is 0 Å². The van der Waals surface area contributed by atoms with Gasteiger partial charge in [-0.15, -0.1) is 0 Å². The Labute approximate surface area is 168 Å². The Morgan fingerprint density at radius 2 is 2.07 bits per heavy atom. The highest BCUT2D eigenvalue weighted by Gasteiger charge is 2.48. The van der Waals surface area contributed by atoms with Crippen LogP contribution in [0.4, 0.5) is 0 Å². The van der Waals surface area contributed by atoms with Gasteiger partial charge in [-0.1, -0.05) is 12.1 Å². The van der Waals surface area contributed by atoms with Crippen molar-refractivity contribution in [2.24, 2.45) is 0 Å². The minimum atomic E-state index is -0.555. The van der Waals surface area contributed by atoms with Gasteiger partial charge in [0.1, 0.15) is 6.04 Å². The summed E-state index contributed by atoms with van der Waals surface area (Å²) in [5.74, 6) is 0.464. The summed E-state index contributed by atoms with van der Waals surface area (Å²) < 4.78 is 0.342. The summed E-state index contributed by atoms with van der Waals surface area (Å²) in [5, 5.41) is 9.43. The highest BCUT2D eigenvalue weighted by Crippen LogP contribution is 2.41. The van der Waals surface area contributed by atoms with Gasteiger partial charge in [-0.25, -0.2) is 0 Å². The van der Waals surface area contributed by atoms with Crippen LogP contribution in [0.25, 0.3) is 0 Å². The van der Waals surface area contributed by atoms with E-state index >= 15 is 0 Å². The quantitative estimate of drug-likeness (QED) is 0.634. The molecule has 28 heavy (non-hydrogen) atoms. The van der Waals surface area contributed by atoms with E-state index in [1.165, 1.54) is 12.2 Å². The Hall–Kier alpha value is -1.90. The SMILES string of the molecule is O=C1CCC(N2Cc3ccc(CNC4CCSC45CNC5)cc3C2=O)C(=O)N1. The van der Waals surface area contributed by atoms with Crippen LogP contribution in [0, 0.1) is 0 Å². The van der Waals surface area contributed by atoms with Gasteiger partial charge in [0.15, 0.2) is 0 Å². The summed E-state index contributed by atoms with van der Waals surface area (Å²) >= 11 is 2.06. The molecule has 3 N–H and O–H groups in total. The molecule has 4 heterocycles. The number of carbonyl (C=O) groups excluding carboxylic acids is 3. The normalized spacial score (nSPS) is 28.4. The molecule has 8 heteroatoms. The number of thioether (sulfide) groups is 1. The Kier molecular flexibility index (Phi) is 4.45. The van der Waals surface area contributed by atoms with Crippen LogP contribution in [0.15, 0.2) is 18.2 Å². The topological polar surface area (TPSA) is 90.5 Å². The molecule has 0 radical (unpaired) electrons. The maximum atomic E-state index is 12.9. The van der Waals surface area contributed by atoms with Crippen LogP contribution in [-0.4, -0.2) is 58.3 Å². The second-order valence-corrected chi connectivity index (χ2v) is 9.64. The van der Waals surface area contributed by atoms with Gasteiger partial charge in [-0.3, -0.25) is 19.7 Å². The zero-order chi connectivity index (χ0) is 19.3. The largest absolute Gasteiger partial charge is 0.322 e. The van der Waals surface area contributed by atoms with Crippen LogP contribution in [0.5, 0.6) is 0 Å². The first-order chi connectivity index (χ1) is 13.6. The van der Waals surface area contributed by atoms with E-state index in [0.29, 0.717) is 29.3 Å². The Balaban J connectivity index is 1.27. The number of fused-ring (bicyclic) bond motifs is 1. The molecule has 0 bridgehead atoms. The number of carbonyl (C=O) groups is 3. The van der Waals surface area contributed by atoms with Gasteiger partial charge >= 0.3 is 0 Å². The number of hydrogen-bond acceptors (Lipinski definition) is 6. The van der Waals surface area contributed by atoms with Crippen molar-refractivity contribution in [2.75, 3.05) is 18.8 Å². The monoisotopic (exact) mass is 400 g/mol. The van der Waals surface area contributed by atoms with Crippen molar-refractivity contribution >= 4 is 29.5 Å². The smallest absolute Gasteiger partial charge is 0.255 e. The van der Waals surface area contributed by atoms with Crippen LogP contribution in [0.3, 0.4) is 0 Å². The standard InChI is InChI=1S/C20H24N4O3S/c25-17-4-3-15(18(26)23-17)24-9-13-2-1-12(7-14(13)19(24)27)8-22-16-5-6-28-20(16)10-21-11-20/h1-2,7,15-16,21-22H,3-6,8-11H2,(H,23,25,26). The summed E-state index contributed by atoms with van der Waals surface area (Å²) in [5.41, 5.74) is 2.73. The van der Waals surface area contributed by atoms with E-state index in [1.807, 2.05) is 12.1 Å². The Morgan fingerprint density at radius 3 is 2.82 bits per heavy atom. The van der Waals surface area contributed by atoms with Crippen LogP contribution >= 0.6 is 11.8 Å². The Morgan fingerprint density at radius 1 is 1.21 bits per heavy atom. The summed E-state index contributed by atoms with van der Waals surface area (Å²) in [4.78, 5) is 38.1. The lowest BCUT2D eigenvalue weighted by Gasteiger charge is -2.43. The molecule has 4 aliphatic rings. The molecule has 3 amide bonds. The molecule has 148 valence electrons. The van der Waals surface area contributed by atoms with Crippen LogP contribution in [0.1, 0.15) is 40.7 Å². The molecule has 1 spiro atoms. The number of piperidine rings is 1. The van der Waals surface area contributed by atoms with E-state index < -0.39 is 6.04 Å². The third-order valence-electron chi connectivity index (χ3n) is 6.42. The van der Waals surface area contributed by atoms with Crippen molar-refractivity contribution < 1.29 is 14.4 Å². The fourth-order valence-corrected chi connectivity index (χ4v) is 6.28. The van der Waals surface area contributed by atoms with E-state index in [9.17, 15) is 14.4 Å². The van der Waals surface area contributed by atoms with Crippen LogP contribution in [0.2, 0.25) is 0 Å². The predicted octanol–water partition coefficient (Wildman–Crippen LogP) is 0.385. The average Bonchev–Trinajstić information content (AvgIpc) is 3.22. The van der Waals surface area contributed by atoms with E-state index in [2.05, 4.69) is 33.8 Å². The van der Waals surface area contributed by atoms with Gasteiger partial charge in [-0.05, 0) is 35.8 Å². The second kappa shape index (κ2) is 6.86. The maximum absolute atomic E-state index is 12.9. The number of benzene rings is 1. The first-order valence-electron chi connectivity index (χ1n) is 9.90. The van der Waals surface area contributed by atoms with E-state index in [4.69, 9.17) is 0 Å². The highest BCUT2D eigenvalue weighted by atomic mass is 32.2. The molecule has 3 saturated heterocycles. The van der Waals surface area contributed by atoms with Gasteiger partial charge in [0.2, 0.25) is 11.8 Å². The van der Waals surface area contributed by atoms with E-state index in [-0.39, 0.29) is 24.1 Å². The molecule has 5 rings (SSSR count). The summed E-state index contributed by atoms with van der Waals surface area (Å²) in [6, 6.07) is 5.98. The summed E-state index contributed by atoms with van der Waals surface area (Å²) in [6.07, 6.45) is 1.86. The molecule has 0 aromatic heterocycles. The molecule has 2 atom stereocenters. The van der Waals surface area contributed by atoms with Gasteiger partial charge in [0, 0.05) is 44.2 Å². The fourth-order valence-electron chi connectivity index (χ4n) is 4.70. The minimum Gasteiger partial charge on any atom is -0.322 e. The van der Waals surface area contributed by atoms with Crippen LogP contribution in [-0.2, 0) is 22.7 Å². The maximum Gasteiger partial charge on any atom is 0.255 e. The number of nitrogens with one attached hydrogen (secondary N) is 3. The molecular formula is C20H24N4O3S. The first kappa shape index (κ1) is 18.1. The highest BCUT2D eigenvalue weighted by molar-refractivity contribution is 8.01. The summed E-state index contributed by atoms with van der Waals surface area (Å²) in [6.45, 7) is 3.31. The molecule has 1 aromatic carbocycles. The third-order valence-corrected chi connectivity index (χ3v) is 8.01. The molecule has 0 saturated carbocycles. The number of rotatable bonds is 4. The van der Waals surface area contributed by atoms with Gasteiger partial charge in [-0.2, -0.15) is 11.8 Å². The lowest BCUT2D eigenvalue weighted by Crippen LogP contribution is -2.64.